The average Bonchev–Trinajstić information content (AvgIpc) is 3.29. The highest BCUT2D eigenvalue weighted by molar-refractivity contribution is 6.00. The monoisotopic (exact) mass is 317 g/mol. The number of nitrogens with one attached hydrogen (secondary N) is 1. The van der Waals surface area contributed by atoms with E-state index in [1.165, 1.54) is 0 Å². The molecule has 1 aromatic heterocycles. The summed E-state index contributed by atoms with van der Waals surface area (Å²) in [5, 5.41) is 7.76. The Kier molecular flexibility index (Phi) is 3.65. The highest BCUT2D eigenvalue weighted by Gasteiger charge is 2.26. The standard InChI is InChI=1S/C20H19N3O/c1-14-6-5-7-15(12-14)19-18(20(24)21-16-10-11-16)13-23(22-19)17-8-3-2-4-9-17/h2-9,12-13,16H,10-11H2,1H3,(H,21,24). The molecule has 3 aromatic rings. The van der Waals surface area contributed by atoms with E-state index < -0.39 is 0 Å². The molecule has 1 heterocycles. The van der Waals surface area contributed by atoms with Crippen molar-refractivity contribution in [3.05, 3.63) is 71.9 Å². The molecule has 4 nitrogen and oxygen atoms in total. The maximum Gasteiger partial charge on any atom is 0.255 e. The lowest BCUT2D eigenvalue weighted by atomic mass is 10.1. The van der Waals surface area contributed by atoms with Gasteiger partial charge in [-0.3, -0.25) is 4.79 Å². The number of rotatable bonds is 4. The molecule has 0 saturated heterocycles. The zero-order chi connectivity index (χ0) is 16.5. The van der Waals surface area contributed by atoms with Crippen LogP contribution in [0.4, 0.5) is 0 Å². The van der Waals surface area contributed by atoms with Crippen LogP contribution in [0.25, 0.3) is 16.9 Å². The number of carbonyl (C=O) groups excluding carboxylic acids is 1. The van der Waals surface area contributed by atoms with E-state index in [0.29, 0.717) is 11.6 Å². The molecule has 0 spiro atoms. The second-order valence-electron chi connectivity index (χ2n) is 6.29. The predicted molar refractivity (Wildman–Crippen MR) is 94.2 cm³/mol. The van der Waals surface area contributed by atoms with Crippen molar-refractivity contribution in [2.24, 2.45) is 0 Å². The van der Waals surface area contributed by atoms with Gasteiger partial charge in [0.05, 0.1) is 11.3 Å². The van der Waals surface area contributed by atoms with Crippen molar-refractivity contribution in [3.8, 4) is 16.9 Å². The number of para-hydroxylation sites is 1. The quantitative estimate of drug-likeness (QED) is 0.797. The fraction of sp³-hybridized carbons (Fsp3) is 0.200. The third-order valence-electron chi connectivity index (χ3n) is 4.18. The number of aromatic nitrogens is 2. The molecule has 0 aliphatic heterocycles. The van der Waals surface area contributed by atoms with Gasteiger partial charge in [0.15, 0.2) is 0 Å². The summed E-state index contributed by atoms with van der Waals surface area (Å²) in [6.07, 6.45) is 3.96. The van der Waals surface area contributed by atoms with Gasteiger partial charge in [0.1, 0.15) is 5.69 Å². The van der Waals surface area contributed by atoms with E-state index >= 15 is 0 Å². The van der Waals surface area contributed by atoms with Crippen LogP contribution in [0.2, 0.25) is 0 Å². The fourth-order valence-corrected chi connectivity index (χ4v) is 2.75. The van der Waals surface area contributed by atoms with Crippen LogP contribution >= 0.6 is 0 Å². The molecular weight excluding hydrogens is 298 g/mol. The minimum absolute atomic E-state index is 0.0452. The zero-order valence-corrected chi connectivity index (χ0v) is 13.6. The fourth-order valence-electron chi connectivity index (χ4n) is 2.75. The molecule has 0 bridgehead atoms. The van der Waals surface area contributed by atoms with Crippen LogP contribution < -0.4 is 5.32 Å². The van der Waals surface area contributed by atoms with Gasteiger partial charge in [-0.2, -0.15) is 5.10 Å². The summed E-state index contributed by atoms with van der Waals surface area (Å²) in [5.41, 5.74) is 4.40. The first-order chi connectivity index (χ1) is 11.7. The lowest BCUT2D eigenvalue weighted by Gasteiger charge is -2.04. The number of hydrogen-bond donors (Lipinski definition) is 1. The molecule has 0 radical (unpaired) electrons. The summed E-state index contributed by atoms with van der Waals surface area (Å²) >= 11 is 0. The Morgan fingerprint density at radius 1 is 1.12 bits per heavy atom. The van der Waals surface area contributed by atoms with E-state index in [-0.39, 0.29) is 5.91 Å². The number of hydrogen-bond acceptors (Lipinski definition) is 2. The van der Waals surface area contributed by atoms with Gasteiger partial charge in [-0.25, -0.2) is 4.68 Å². The van der Waals surface area contributed by atoms with E-state index in [2.05, 4.69) is 11.4 Å². The Labute approximate surface area is 141 Å². The van der Waals surface area contributed by atoms with Crippen LogP contribution in [0, 0.1) is 6.92 Å². The van der Waals surface area contributed by atoms with Crippen molar-refractivity contribution >= 4 is 5.91 Å². The van der Waals surface area contributed by atoms with Crippen molar-refractivity contribution in [2.75, 3.05) is 0 Å². The van der Waals surface area contributed by atoms with Gasteiger partial charge >= 0.3 is 0 Å². The predicted octanol–water partition coefficient (Wildman–Crippen LogP) is 3.74. The maximum absolute atomic E-state index is 12.7. The van der Waals surface area contributed by atoms with E-state index in [1.54, 1.807) is 4.68 Å². The Morgan fingerprint density at radius 2 is 1.92 bits per heavy atom. The van der Waals surface area contributed by atoms with Gasteiger partial charge in [0, 0.05) is 17.8 Å². The zero-order valence-electron chi connectivity index (χ0n) is 13.6. The van der Waals surface area contributed by atoms with Gasteiger partial charge in [-0.15, -0.1) is 0 Å². The van der Waals surface area contributed by atoms with Gasteiger partial charge in [-0.05, 0) is 38.0 Å². The summed E-state index contributed by atoms with van der Waals surface area (Å²) in [6.45, 7) is 2.04. The molecular formula is C20H19N3O. The first-order valence-corrected chi connectivity index (χ1v) is 8.24. The second kappa shape index (κ2) is 5.96. The molecule has 1 aliphatic carbocycles. The Bertz CT molecular complexity index is 879. The van der Waals surface area contributed by atoms with Crippen molar-refractivity contribution in [2.45, 2.75) is 25.8 Å². The number of amides is 1. The average molecular weight is 317 g/mol. The van der Waals surface area contributed by atoms with Crippen LogP contribution in [-0.2, 0) is 0 Å². The molecule has 0 unspecified atom stereocenters. The van der Waals surface area contributed by atoms with Gasteiger partial charge < -0.3 is 5.32 Å². The number of nitrogens with zero attached hydrogens (tertiary/aromatic N) is 2. The molecule has 1 amide bonds. The van der Waals surface area contributed by atoms with Crippen LogP contribution in [0.1, 0.15) is 28.8 Å². The van der Waals surface area contributed by atoms with Crippen molar-refractivity contribution < 1.29 is 4.79 Å². The molecule has 1 fully saturated rings. The SMILES string of the molecule is Cc1cccc(-c2nn(-c3ccccc3)cc2C(=O)NC2CC2)c1. The third kappa shape index (κ3) is 2.95. The number of aryl methyl sites for hydroxylation is 1. The van der Waals surface area contributed by atoms with Crippen molar-refractivity contribution in [3.63, 3.8) is 0 Å². The van der Waals surface area contributed by atoms with Gasteiger partial charge in [-0.1, -0.05) is 42.0 Å². The van der Waals surface area contributed by atoms with Crippen LogP contribution in [0.3, 0.4) is 0 Å². The lowest BCUT2D eigenvalue weighted by Crippen LogP contribution is -2.25. The van der Waals surface area contributed by atoms with E-state index in [1.807, 2.05) is 61.7 Å². The topological polar surface area (TPSA) is 46.9 Å². The highest BCUT2D eigenvalue weighted by atomic mass is 16.1. The first kappa shape index (κ1) is 14.7. The Hall–Kier alpha value is -2.88. The van der Waals surface area contributed by atoms with Crippen LogP contribution in [0.5, 0.6) is 0 Å². The minimum Gasteiger partial charge on any atom is -0.349 e. The molecule has 24 heavy (non-hydrogen) atoms. The number of benzene rings is 2. The number of carbonyl (C=O) groups is 1. The third-order valence-corrected chi connectivity index (χ3v) is 4.18. The summed E-state index contributed by atoms with van der Waals surface area (Å²) in [7, 11) is 0. The summed E-state index contributed by atoms with van der Waals surface area (Å²) in [5.74, 6) is -0.0452. The molecule has 4 heteroatoms. The van der Waals surface area contributed by atoms with Crippen LogP contribution in [0.15, 0.2) is 60.8 Å². The molecule has 1 aliphatic rings. The highest BCUT2D eigenvalue weighted by Crippen LogP contribution is 2.26. The molecule has 120 valence electrons. The van der Waals surface area contributed by atoms with Gasteiger partial charge in [0.2, 0.25) is 0 Å². The summed E-state index contributed by atoms with van der Waals surface area (Å²) in [4.78, 5) is 12.7. The summed E-state index contributed by atoms with van der Waals surface area (Å²) < 4.78 is 1.78. The largest absolute Gasteiger partial charge is 0.349 e. The van der Waals surface area contributed by atoms with E-state index in [4.69, 9.17) is 5.10 Å². The second-order valence-corrected chi connectivity index (χ2v) is 6.29. The van der Waals surface area contributed by atoms with Crippen LogP contribution in [-0.4, -0.2) is 21.7 Å². The Balaban J connectivity index is 1.80. The molecule has 1 saturated carbocycles. The smallest absolute Gasteiger partial charge is 0.255 e. The molecule has 4 rings (SSSR count). The normalized spacial score (nSPS) is 13.7. The lowest BCUT2D eigenvalue weighted by molar-refractivity contribution is 0.0951. The van der Waals surface area contributed by atoms with E-state index in [9.17, 15) is 4.79 Å². The Morgan fingerprint density at radius 3 is 2.62 bits per heavy atom. The molecule has 2 aromatic carbocycles. The molecule has 1 N–H and O–H groups in total. The minimum atomic E-state index is -0.0452. The first-order valence-electron chi connectivity index (χ1n) is 8.24. The van der Waals surface area contributed by atoms with Crippen molar-refractivity contribution in [1.29, 1.82) is 0 Å². The van der Waals surface area contributed by atoms with E-state index in [0.717, 1.165) is 35.3 Å². The van der Waals surface area contributed by atoms with Gasteiger partial charge in [0.25, 0.3) is 5.91 Å². The summed E-state index contributed by atoms with van der Waals surface area (Å²) in [6, 6.07) is 18.3. The maximum atomic E-state index is 12.7. The molecule has 0 atom stereocenters. The van der Waals surface area contributed by atoms with Crippen molar-refractivity contribution in [1.82, 2.24) is 15.1 Å².